The van der Waals surface area contributed by atoms with Crippen molar-refractivity contribution in [2.45, 2.75) is 13.0 Å². The second-order valence-electron chi connectivity index (χ2n) is 6.11. The Balaban J connectivity index is 1.65. The molecule has 1 fully saturated rings. The Morgan fingerprint density at radius 3 is 2.73 bits per heavy atom. The van der Waals surface area contributed by atoms with Crippen molar-refractivity contribution in [2.75, 3.05) is 19.0 Å². The van der Waals surface area contributed by atoms with Gasteiger partial charge in [0.2, 0.25) is 11.8 Å². The maximum absolute atomic E-state index is 13.2. The summed E-state index contributed by atoms with van der Waals surface area (Å²) < 4.78 is 31.5. The van der Waals surface area contributed by atoms with E-state index in [-0.39, 0.29) is 24.6 Å². The van der Waals surface area contributed by atoms with Gasteiger partial charge in [0.05, 0.1) is 13.0 Å². The number of amides is 2. The maximum Gasteiger partial charge on any atom is 0.229 e. The lowest BCUT2D eigenvalue weighted by atomic mass is 10.1. The number of methoxy groups -OCH3 is 1. The van der Waals surface area contributed by atoms with Gasteiger partial charge in [0.1, 0.15) is 5.75 Å². The Morgan fingerprint density at radius 2 is 2.00 bits per heavy atom. The molecule has 0 aromatic heterocycles. The van der Waals surface area contributed by atoms with Crippen LogP contribution in [0.3, 0.4) is 0 Å². The van der Waals surface area contributed by atoms with Crippen LogP contribution in [0.1, 0.15) is 12.0 Å². The maximum atomic E-state index is 13.2. The number of rotatable bonds is 5. The van der Waals surface area contributed by atoms with Crippen LogP contribution in [0.15, 0.2) is 42.5 Å². The molecule has 2 amide bonds. The van der Waals surface area contributed by atoms with Gasteiger partial charge < -0.3 is 15.0 Å². The molecule has 0 bridgehead atoms. The summed E-state index contributed by atoms with van der Waals surface area (Å²) in [5.74, 6) is -2.43. The molecule has 0 radical (unpaired) electrons. The molecule has 1 aliphatic heterocycles. The monoisotopic (exact) mass is 360 g/mol. The molecule has 26 heavy (non-hydrogen) atoms. The minimum atomic E-state index is -1.04. The van der Waals surface area contributed by atoms with Crippen LogP contribution in [0.2, 0.25) is 0 Å². The van der Waals surface area contributed by atoms with Gasteiger partial charge in [0, 0.05) is 36.8 Å². The molecule has 136 valence electrons. The number of benzene rings is 2. The molecule has 2 aromatic rings. The third-order valence-corrected chi connectivity index (χ3v) is 4.33. The third kappa shape index (κ3) is 3.82. The fraction of sp³-hybridized carbons (Fsp3) is 0.263. The molecule has 0 spiro atoms. The second-order valence-corrected chi connectivity index (χ2v) is 6.11. The largest absolute Gasteiger partial charge is 0.496 e. The van der Waals surface area contributed by atoms with Gasteiger partial charge in [-0.3, -0.25) is 9.59 Å². The summed E-state index contributed by atoms with van der Waals surface area (Å²) >= 11 is 0. The van der Waals surface area contributed by atoms with E-state index in [2.05, 4.69) is 5.32 Å². The van der Waals surface area contributed by atoms with Gasteiger partial charge >= 0.3 is 0 Å². The minimum absolute atomic E-state index is 0.0741. The van der Waals surface area contributed by atoms with Gasteiger partial charge in [-0.05, 0) is 18.2 Å². The number of likely N-dealkylation sites (tertiary alicyclic amines) is 1. The topological polar surface area (TPSA) is 58.6 Å². The van der Waals surface area contributed by atoms with Gasteiger partial charge in [-0.15, -0.1) is 0 Å². The van der Waals surface area contributed by atoms with E-state index < -0.39 is 23.5 Å². The Hall–Kier alpha value is -2.96. The SMILES string of the molecule is COc1ccccc1CN1CC(C(=O)Nc2ccc(F)c(F)c2)CC1=O. The molecule has 1 N–H and O–H groups in total. The Kier molecular flexibility index (Phi) is 5.16. The Labute approximate surface area is 149 Å². The first kappa shape index (κ1) is 17.8. The molecule has 0 saturated carbocycles. The van der Waals surface area contributed by atoms with Crippen molar-refractivity contribution in [3.8, 4) is 5.75 Å². The van der Waals surface area contributed by atoms with Gasteiger partial charge in [-0.1, -0.05) is 18.2 Å². The summed E-state index contributed by atoms with van der Waals surface area (Å²) in [6.07, 6.45) is 0.0741. The van der Waals surface area contributed by atoms with Crippen molar-refractivity contribution >= 4 is 17.5 Å². The molecule has 7 heteroatoms. The highest BCUT2D eigenvalue weighted by Gasteiger charge is 2.34. The zero-order valence-corrected chi connectivity index (χ0v) is 14.2. The van der Waals surface area contributed by atoms with Crippen LogP contribution in [0.4, 0.5) is 14.5 Å². The number of ether oxygens (including phenoxy) is 1. The van der Waals surface area contributed by atoms with E-state index in [1.165, 1.54) is 6.07 Å². The zero-order valence-electron chi connectivity index (χ0n) is 14.2. The van der Waals surface area contributed by atoms with Crippen molar-refractivity contribution < 1.29 is 23.1 Å². The summed E-state index contributed by atoms with van der Waals surface area (Å²) in [5, 5.41) is 2.53. The van der Waals surface area contributed by atoms with Crippen molar-refractivity contribution in [1.82, 2.24) is 4.90 Å². The quantitative estimate of drug-likeness (QED) is 0.892. The van der Waals surface area contributed by atoms with E-state index in [0.29, 0.717) is 12.3 Å². The average Bonchev–Trinajstić information content (AvgIpc) is 2.99. The third-order valence-electron chi connectivity index (χ3n) is 4.33. The molecular weight excluding hydrogens is 342 g/mol. The average molecular weight is 360 g/mol. The standard InChI is InChI=1S/C19H18F2N2O3/c1-26-17-5-3-2-4-12(17)10-23-11-13(8-18(23)24)19(25)22-14-6-7-15(20)16(21)9-14/h2-7,9,13H,8,10-11H2,1H3,(H,22,25). The van der Waals surface area contributed by atoms with E-state index >= 15 is 0 Å². The summed E-state index contributed by atoms with van der Waals surface area (Å²) in [6, 6.07) is 10.5. The van der Waals surface area contributed by atoms with Crippen LogP contribution < -0.4 is 10.1 Å². The van der Waals surface area contributed by atoms with Crippen LogP contribution >= 0.6 is 0 Å². The lowest BCUT2D eigenvalue weighted by Crippen LogP contribution is -2.28. The highest BCUT2D eigenvalue weighted by Crippen LogP contribution is 2.25. The minimum Gasteiger partial charge on any atom is -0.496 e. The summed E-state index contributed by atoms with van der Waals surface area (Å²) in [7, 11) is 1.56. The lowest BCUT2D eigenvalue weighted by molar-refractivity contribution is -0.128. The first-order valence-electron chi connectivity index (χ1n) is 8.13. The van der Waals surface area contributed by atoms with E-state index in [9.17, 15) is 18.4 Å². The van der Waals surface area contributed by atoms with Crippen LogP contribution in [-0.4, -0.2) is 30.4 Å². The molecule has 1 atom stereocenters. The van der Waals surface area contributed by atoms with Crippen molar-refractivity contribution in [3.05, 3.63) is 59.7 Å². The van der Waals surface area contributed by atoms with Crippen LogP contribution in [0.5, 0.6) is 5.75 Å². The predicted octanol–water partition coefficient (Wildman–Crippen LogP) is 2.96. The van der Waals surface area contributed by atoms with E-state index in [0.717, 1.165) is 17.7 Å². The van der Waals surface area contributed by atoms with Crippen LogP contribution in [0.25, 0.3) is 0 Å². The summed E-state index contributed by atoms with van der Waals surface area (Å²) in [4.78, 5) is 26.2. The summed E-state index contributed by atoms with van der Waals surface area (Å²) in [5.41, 5.74) is 1.01. The van der Waals surface area contributed by atoms with Gasteiger partial charge in [0.25, 0.3) is 0 Å². The number of hydrogen-bond donors (Lipinski definition) is 1. The molecule has 1 saturated heterocycles. The molecular formula is C19H18F2N2O3. The van der Waals surface area contributed by atoms with Gasteiger partial charge in [-0.25, -0.2) is 8.78 Å². The van der Waals surface area contributed by atoms with E-state index in [1.807, 2.05) is 24.3 Å². The number of nitrogens with one attached hydrogen (secondary N) is 1. The first-order valence-corrected chi connectivity index (χ1v) is 8.13. The first-order chi connectivity index (χ1) is 12.5. The lowest BCUT2D eigenvalue weighted by Gasteiger charge is -2.18. The van der Waals surface area contributed by atoms with Gasteiger partial charge in [0.15, 0.2) is 11.6 Å². The van der Waals surface area contributed by atoms with Crippen molar-refractivity contribution in [1.29, 1.82) is 0 Å². The fourth-order valence-corrected chi connectivity index (χ4v) is 2.96. The smallest absolute Gasteiger partial charge is 0.229 e. The van der Waals surface area contributed by atoms with E-state index in [1.54, 1.807) is 12.0 Å². The molecule has 1 aliphatic rings. The van der Waals surface area contributed by atoms with Crippen molar-refractivity contribution in [3.63, 3.8) is 0 Å². The second kappa shape index (κ2) is 7.51. The number of para-hydroxylation sites is 1. The predicted molar refractivity (Wildman–Crippen MR) is 91.5 cm³/mol. The molecule has 2 aromatic carbocycles. The summed E-state index contributed by atoms with van der Waals surface area (Å²) in [6.45, 7) is 0.601. The van der Waals surface area contributed by atoms with Crippen molar-refractivity contribution in [2.24, 2.45) is 5.92 Å². The highest BCUT2D eigenvalue weighted by molar-refractivity contribution is 5.97. The number of carbonyl (C=O) groups is 2. The Bertz CT molecular complexity index is 841. The van der Waals surface area contributed by atoms with E-state index in [4.69, 9.17) is 4.74 Å². The molecule has 1 unspecified atom stereocenters. The zero-order chi connectivity index (χ0) is 18.7. The highest BCUT2D eigenvalue weighted by atomic mass is 19.2. The number of carbonyl (C=O) groups excluding carboxylic acids is 2. The normalized spacial score (nSPS) is 16.7. The molecule has 0 aliphatic carbocycles. The van der Waals surface area contributed by atoms with Crippen LogP contribution in [-0.2, 0) is 16.1 Å². The molecule has 1 heterocycles. The molecule has 5 nitrogen and oxygen atoms in total. The molecule has 3 rings (SSSR count). The number of halogens is 2. The Morgan fingerprint density at radius 1 is 1.23 bits per heavy atom. The van der Waals surface area contributed by atoms with Crippen LogP contribution in [0, 0.1) is 17.6 Å². The number of anilines is 1. The fourth-order valence-electron chi connectivity index (χ4n) is 2.96. The number of nitrogens with zero attached hydrogens (tertiary/aromatic N) is 1. The van der Waals surface area contributed by atoms with Gasteiger partial charge in [-0.2, -0.15) is 0 Å². The number of hydrogen-bond acceptors (Lipinski definition) is 3.